The van der Waals surface area contributed by atoms with Crippen molar-refractivity contribution in [3.05, 3.63) is 59.9 Å². The molecule has 21 heavy (non-hydrogen) atoms. The maximum Gasteiger partial charge on any atom is 0.337 e. The number of aromatic carboxylic acids is 1. The fourth-order valence-electron chi connectivity index (χ4n) is 1.85. The van der Waals surface area contributed by atoms with Gasteiger partial charge in [0.2, 0.25) is 0 Å². The minimum atomic E-state index is -1.16. The van der Waals surface area contributed by atoms with E-state index in [1.54, 1.807) is 0 Å². The van der Waals surface area contributed by atoms with Gasteiger partial charge < -0.3 is 15.2 Å². The van der Waals surface area contributed by atoms with Crippen LogP contribution in [0.2, 0.25) is 0 Å². The summed E-state index contributed by atoms with van der Waals surface area (Å²) in [5.41, 5.74) is 0.336. The summed E-state index contributed by atoms with van der Waals surface area (Å²) in [7, 11) is 0. The Bertz CT molecular complexity index is 602. The van der Waals surface area contributed by atoms with Crippen molar-refractivity contribution in [1.29, 1.82) is 0 Å². The largest absolute Gasteiger partial charge is 0.494 e. The Morgan fingerprint density at radius 1 is 1.19 bits per heavy atom. The van der Waals surface area contributed by atoms with E-state index in [2.05, 4.69) is 5.32 Å². The van der Waals surface area contributed by atoms with E-state index in [1.807, 2.05) is 30.3 Å². The van der Waals surface area contributed by atoms with Crippen molar-refractivity contribution in [3.63, 3.8) is 0 Å². The van der Waals surface area contributed by atoms with Crippen LogP contribution in [0.5, 0.6) is 5.75 Å². The van der Waals surface area contributed by atoms with E-state index in [0.29, 0.717) is 25.3 Å². The molecule has 0 heterocycles. The molecule has 0 unspecified atom stereocenters. The number of hydrogen-bond donors (Lipinski definition) is 2. The molecule has 0 aliphatic carbocycles. The molecule has 0 atom stereocenters. The van der Waals surface area contributed by atoms with Crippen LogP contribution in [0, 0.1) is 5.82 Å². The number of nitrogens with one attached hydrogen (secondary N) is 1. The Morgan fingerprint density at radius 2 is 1.95 bits per heavy atom. The maximum atomic E-state index is 13.0. The van der Waals surface area contributed by atoms with E-state index in [4.69, 9.17) is 9.84 Å². The first kappa shape index (κ1) is 14.8. The quantitative estimate of drug-likeness (QED) is 0.767. The fraction of sp³-hybridized carbons (Fsp3) is 0.188. The Hall–Kier alpha value is -2.56. The number of carbonyl (C=O) groups is 1. The van der Waals surface area contributed by atoms with Gasteiger partial charge in [0, 0.05) is 12.2 Å². The van der Waals surface area contributed by atoms with Crippen LogP contribution in [0.3, 0.4) is 0 Å². The molecule has 0 aromatic heterocycles. The lowest BCUT2D eigenvalue weighted by Crippen LogP contribution is -2.10. The molecule has 0 fully saturated rings. The summed E-state index contributed by atoms with van der Waals surface area (Å²) in [5, 5.41) is 12.0. The average molecular weight is 289 g/mol. The molecule has 2 rings (SSSR count). The second-order valence-electron chi connectivity index (χ2n) is 4.44. The third-order valence-corrected chi connectivity index (χ3v) is 2.86. The summed E-state index contributed by atoms with van der Waals surface area (Å²) in [6.07, 6.45) is 0.700. The van der Waals surface area contributed by atoms with E-state index in [9.17, 15) is 9.18 Å². The van der Waals surface area contributed by atoms with Crippen LogP contribution in [-0.4, -0.2) is 24.2 Å². The summed E-state index contributed by atoms with van der Waals surface area (Å²) < 4.78 is 18.6. The predicted octanol–water partition coefficient (Wildman–Crippen LogP) is 3.40. The molecule has 2 aromatic rings. The number of hydrogen-bond acceptors (Lipinski definition) is 3. The normalized spacial score (nSPS) is 10.1. The molecular formula is C16H16FNO3. The highest BCUT2D eigenvalue weighted by Gasteiger charge is 2.10. The minimum absolute atomic E-state index is 0.0704. The molecule has 2 aromatic carbocycles. The monoisotopic (exact) mass is 289 g/mol. The number of rotatable bonds is 7. The predicted molar refractivity (Wildman–Crippen MR) is 78.4 cm³/mol. The number of ether oxygens (including phenoxy) is 1. The zero-order valence-corrected chi connectivity index (χ0v) is 11.4. The zero-order chi connectivity index (χ0) is 15.1. The molecule has 2 N–H and O–H groups in total. The molecule has 0 aliphatic rings. The van der Waals surface area contributed by atoms with Gasteiger partial charge in [-0.15, -0.1) is 0 Å². The van der Waals surface area contributed by atoms with Crippen molar-refractivity contribution in [1.82, 2.24) is 0 Å². The van der Waals surface area contributed by atoms with Gasteiger partial charge in [-0.05, 0) is 36.8 Å². The molecule has 0 amide bonds. The van der Waals surface area contributed by atoms with E-state index < -0.39 is 11.8 Å². The summed E-state index contributed by atoms with van der Waals surface area (Å²) in [6.45, 7) is 1.05. The highest BCUT2D eigenvalue weighted by molar-refractivity contribution is 5.94. The van der Waals surface area contributed by atoms with Gasteiger partial charge in [-0.3, -0.25) is 0 Å². The maximum absolute atomic E-state index is 13.0. The Morgan fingerprint density at radius 3 is 2.67 bits per heavy atom. The number of halogens is 1. The lowest BCUT2D eigenvalue weighted by atomic mass is 10.1. The minimum Gasteiger partial charge on any atom is -0.494 e. The van der Waals surface area contributed by atoms with Gasteiger partial charge >= 0.3 is 5.97 Å². The van der Waals surface area contributed by atoms with Crippen LogP contribution in [0.25, 0.3) is 0 Å². The van der Waals surface area contributed by atoms with E-state index in [1.165, 1.54) is 12.1 Å². The van der Waals surface area contributed by atoms with Crippen molar-refractivity contribution in [2.24, 2.45) is 0 Å². The van der Waals surface area contributed by atoms with Crippen molar-refractivity contribution in [2.75, 3.05) is 18.5 Å². The van der Waals surface area contributed by atoms with Gasteiger partial charge in [0.25, 0.3) is 0 Å². The number of benzene rings is 2. The van der Waals surface area contributed by atoms with Gasteiger partial charge in [-0.2, -0.15) is 0 Å². The molecule has 0 saturated carbocycles. The standard InChI is InChI=1S/C16H16FNO3/c17-12-7-8-15(14(11-12)16(19)20)18-9-4-10-21-13-5-2-1-3-6-13/h1-3,5-8,11,18H,4,9-10H2,(H,19,20). The fourth-order valence-corrected chi connectivity index (χ4v) is 1.85. The lowest BCUT2D eigenvalue weighted by molar-refractivity contribution is 0.0697. The number of anilines is 1. The Labute approximate surface area is 122 Å². The summed E-state index contributed by atoms with van der Waals surface area (Å²) >= 11 is 0. The molecule has 110 valence electrons. The van der Waals surface area contributed by atoms with Gasteiger partial charge in [-0.1, -0.05) is 18.2 Å². The van der Waals surface area contributed by atoms with Crippen LogP contribution in [0.4, 0.5) is 10.1 Å². The summed E-state index contributed by atoms with van der Waals surface area (Å²) in [4.78, 5) is 11.0. The first-order valence-corrected chi connectivity index (χ1v) is 6.61. The van der Waals surface area contributed by atoms with Crippen LogP contribution in [-0.2, 0) is 0 Å². The van der Waals surface area contributed by atoms with Crippen LogP contribution >= 0.6 is 0 Å². The zero-order valence-electron chi connectivity index (χ0n) is 11.4. The van der Waals surface area contributed by atoms with E-state index in [-0.39, 0.29) is 5.56 Å². The van der Waals surface area contributed by atoms with Crippen molar-refractivity contribution < 1.29 is 19.0 Å². The second-order valence-corrected chi connectivity index (χ2v) is 4.44. The lowest BCUT2D eigenvalue weighted by Gasteiger charge is -2.10. The highest BCUT2D eigenvalue weighted by atomic mass is 19.1. The summed E-state index contributed by atoms with van der Waals surface area (Å²) in [6, 6.07) is 13.1. The first-order valence-electron chi connectivity index (χ1n) is 6.61. The van der Waals surface area contributed by atoms with Crippen molar-refractivity contribution in [2.45, 2.75) is 6.42 Å². The molecule has 4 nitrogen and oxygen atoms in total. The van der Waals surface area contributed by atoms with Gasteiger partial charge in [0.1, 0.15) is 11.6 Å². The van der Waals surface area contributed by atoms with Crippen LogP contribution in [0.15, 0.2) is 48.5 Å². The molecule has 0 radical (unpaired) electrons. The van der Waals surface area contributed by atoms with E-state index >= 15 is 0 Å². The summed E-state index contributed by atoms with van der Waals surface area (Å²) in [5.74, 6) is -0.923. The topological polar surface area (TPSA) is 58.6 Å². The Balaban J connectivity index is 1.80. The molecular weight excluding hydrogens is 273 g/mol. The van der Waals surface area contributed by atoms with Gasteiger partial charge in [0.15, 0.2) is 0 Å². The Kier molecular flexibility index (Phi) is 5.15. The molecule has 0 aliphatic heterocycles. The first-order chi connectivity index (χ1) is 10.2. The van der Waals surface area contributed by atoms with Crippen LogP contribution < -0.4 is 10.1 Å². The smallest absolute Gasteiger partial charge is 0.337 e. The van der Waals surface area contributed by atoms with Gasteiger partial charge in [0.05, 0.1) is 12.2 Å². The SMILES string of the molecule is O=C(O)c1cc(F)ccc1NCCCOc1ccccc1. The molecule has 5 heteroatoms. The number of para-hydroxylation sites is 1. The van der Waals surface area contributed by atoms with E-state index in [0.717, 1.165) is 11.8 Å². The highest BCUT2D eigenvalue weighted by Crippen LogP contribution is 2.17. The van der Waals surface area contributed by atoms with Crippen molar-refractivity contribution in [3.8, 4) is 5.75 Å². The number of carboxylic acids is 1. The van der Waals surface area contributed by atoms with Crippen molar-refractivity contribution >= 4 is 11.7 Å². The third-order valence-electron chi connectivity index (χ3n) is 2.86. The van der Waals surface area contributed by atoms with Crippen LogP contribution in [0.1, 0.15) is 16.8 Å². The van der Waals surface area contributed by atoms with Gasteiger partial charge in [-0.25, -0.2) is 9.18 Å². The average Bonchev–Trinajstić information content (AvgIpc) is 2.49. The second kappa shape index (κ2) is 7.28. The number of carboxylic acid groups (broad SMARTS) is 1. The third kappa shape index (κ3) is 4.49. The molecule has 0 saturated heterocycles. The molecule has 0 bridgehead atoms. The molecule has 0 spiro atoms.